The zero-order valence-electron chi connectivity index (χ0n) is 12.4. The van der Waals surface area contributed by atoms with Crippen LogP contribution in [0.2, 0.25) is 0 Å². The fourth-order valence-electron chi connectivity index (χ4n) is 2.22. The van der Waals surface area contributed by atoms with Gasteiger partial charge in [0, 0.05) is 31.6 Å². The highest BCUT2D eigenvalue weighted by molar-refractivity contribution is 5.91. The van der Waals surface area contributed by atoms with Crippen molar-refractivity contribution in [2.75, 3.05) is 18.4 Å². The van der Waals surface area contributed by atoms with Crippen LogP contribution in [0, 0.1) is 0 Å². The van der Waals surface area contributed by atoms with Gasteiger partial charge in [-0.3, -0.25) is 4.79 Å². The number of nitrogens with one attached hydrogen (secondary N) is 1. The topological polar surface area (TPSA) is 49.4 Å². The van der Waals surface area contributed by atoms with Crippen molar-refractivity contribution >= 4 is 17.5 Å². The van der Waals surface area contributed by atoms with Crippen molar-refractivity contribution in [2.45, 2.75) is 39.0 Å². The Kier molecular flexibility index (Phi) is 4.12. The van der Waals surface area contributed by atoms with Crippen LogP contribution in [-0.2, 0) is 10.2 Å². The van der Waals surface area contributed by atoms with Gasteiger partial charge in [-0.05, 0) is 23.1 Å². The number of urea groups is 1. The van der Waals surface area contributed by atoms with Crippen molar-refractivity contribution in [1.82, 2.24) is 4.90 Å². The second kappa shape index (κ2) is 5.65. The molecule has 0 unspecified atom stereocenters. The van der Waals surface area contributed by atoms with Gasteiger partial charge < -0.3 is 10.2 Å². The number of Topliss-reactive ketones (excluding diaryl/α,β-unsaturated/α-hetero) is 1. The number of carbonyl (C=O) groups is 2. The number of likely N-dealkylation sites (tertiary alicyclic amines) is 1. The van der Waals surface area contributed by atoms with E-state index in [0.29, 0.717) is 25.9 Å². The van der Waals surface area contributed by atoms with E-state index >= 15 is 0 Å². The first kappa shape index (κ1) is 14.6. The minimum absolute atomic E-state index is 0.107. The first-order valence-corrected chi connectivity index (χ1v) is 7.04. The lowest BCUT2D eigenvalue weighted by atomic mass is 9.87. The molecule has 1 aliphatic heterocycles. The minimum Gasteiger partial charge on any atom is -0.324 e. The van der Waals surface area contributed by atoms with Crippen LogP contribution in [0.3, 0.4) is 0 Å². The summed E-state index contributed by atoms with van der Waals surface area (Å²) in [6.07, 6.45) is 0.937. The van der Waals surface area contributed by atoms with Gasteiger partial charge in [0.05, 0.1) is 0 Å². The first-order valence-electron chi connectivity index (χ1n) is 7.04. The Hall–Kier alpha value is -1.84. The molecule has 4 nitrogen and oxygen atoms in total. The fourth-order valence-corrected chi connectivity index (χ4v) is 2.22. The van der Waals surface area contributed by atoms with Crippen LogP contribution >= 0.6 is 0 Å². The molecule has 1 aromatic rings. The molecule has 2 rings (SSSR count). The summed E-state index contributed by atoms with van der Waals surface area (Å²) in [6.45, 7) is 7.51. The molecular formula is C16H22N2O2. The number of amides is 2. The summed E-state index contributed by atoms with van der Waals surface area (Å²) in [7, 11) is 0. The van der Waals surface area contributed by atoms with E-state index in [1.54, 1.807) is 4.90 Å². The minimum atomic E-state index is -0.124. The Balaban J connectivity index is 1.96. The number of benzene rings is 1. The van der Waals surface area contributed by atoms with E-state index in [9.17, 15) is 9.59 Å². The molecule has 0 bridgehead atoms. The molecule has 0 aliphatic carbocycles. The van der Waals surface area contributed by atoms with Crippen LogP contribution in [0.5, 0.6) is 0 Å². The lowest BCUT2D eigenvalue weighted by molar-refractivity contribution is -0.120. The fraction of sp³-hybridized carbons (Fsp3) is 0.500. The third-order valence-corrected chi connectivity index (χ3v) is 3.61. The third-order valence-electron chi connectivity index (χ3n) is 3.61. The molecule has 20 heavy (non-hydrogen) atoms. The molecule has 1 heterocycles. The highest BCUT2D eigenvalue weighted by Gasteiger charge is 2.20. The van der Waals surface area contributed by atoms with Crippen LogP contribution < -0.4 is 5.32 Å². The zero-order chi connectivity index (χ0) is 14.8. The Labute approximate surface area is 120 Å². The number of piperidine rings is 1. The van der Waals surface area contributed by atoms with Crippen molar-refractivity contribution in [1.29, 1.82) is 0 Å². The quantitative estimate of drug-likeness (QED) is 0.855. The maximum absolute atomic E-state index is 12.1. The molecule has 108 valence electrons. The first-order chi connectivity index (χ1) is 9.36. The largest absolute Gasteiger partial charge is 0.324 e. The van der Waals surface area contributed by atoms with E-state index < -0.39 is 0 Å². The highest BCUT2D eigenvalue weighted by Crippen LogP contribution is 2.23. The number of nitrogens with zero attached hydrogens (tertiary/aromatic N) is 1. The molecule has 1 fully saturated rings. The van der Waals surface area contributed by atoms with E-state index in [0.717, 1.165) is 5.69 Å². The smallest absolute Gasteiger partial charge is 0.321 e. The molecule has 4 heteroatoms. The molecule has 1 aromatic carbocycles. The highest BCUT2D eigenvalue weighted by atomic mass is 16.2. The molecular weight excluding hydrogens is 252 g/mol. The average molecular weight is 274 g/mol. The van der Waals surface area contributed by atoms with Crippen molar-refractivity contribution in [3.63, 3.8) is 0 Å². The predicted octanol–water partition coefficient (Wildman–Crippen LogP) is 3.18. The van der Waals surface area contributed by atoms with Gasteiger partial charge in [0.15, 0.2) is 0 Å². The van der Waals surface area contributed by atoms with Gasteiger partial charge in [-0.2, -0.15) is 0 Å². The summed E-state index contributed by atoms with van der Waals surface area (Å²) in [5, 5.41) is 2.88. The van der Waals surface area contributed by atoms with Crippen LogP contribution in [0.4, 0.5) is 10.5 Å². The normalized spacial score (nSPS) is 16.1. The Morgan fingerprint density at radius 2 is 1.65 bits per heavy atom. The molecule has 1 N–H and O–H groups in total. The number of hydrogen-bond donors (Lipinski definition) is 1. The van der Waals surface area contributed by atoms with Gasteiger partial charge in [0.2, 0.25) is 0 Å². The summed E-state index contributed by atoms with van der Waals surface area (Å²) in [6, 6.07) is 7.80. The Bertz CT molecular complexity index is 490. The average Bonchev–Trinajstić information content (AvgIpc) is 2.39. The van der Waals surface area contributed by atoms with Crippen LogP contribution in [0.1, 0.15) is 39.2 Å². The third kappa shape index (κ3) is 3.59. The molecule has 0 spiro atoms. The molecule has 0 radical (unpaired) electrons. The van der Waals surface area contributed by atoms with Crippen molar-refractivity contribution in [3.05, 3.63) is 29.8 Å². The maximum Gasteiger partial charge on any atom is 0.321 e. The van der Waals surface area contributed by atoms with Crippen LogP contribution in [0.25, 0.3) is 0 Å². The van der Waals surface area contributed by atoms with Crippen LogP contribution in [-0.4, -0.2) is 29.8 Å². The standard InChI is InChI=1S/C16H22N2O2/c1-16(2,3)12-4-6-13(7-5-12)17-15(20)18-10-8-14(19)9-11-18/h4-7H,8-11H2,1-3H3,(H,17,20). The van der Waals surface area contributed by atoms with Crippen molar-refractivity contribution in [3.8, 4) is 0 Å². The molecule has 1 saturated heterocycles. The lowest BCUT2D eigenvalue weighted by Crippen LogP contribution is -2.41. The number of anilines is 1. The van der Waals surface area contributed by atoms with Gasteiger partial charge >= 0.3 is 6.03 Å². The molecule has 0 atom stereocenters. The number of ketones is 1. The molecule has 2 amide bonds. The second-order valence-electron chi connectivity index (χ2n) is 6.28. The summed E-state index contributed by atoms with van der Waals surface area (Å²) >= 11 is 0. The van der Waals surface area contributed by atoms with Gasteiger partial charge in [0.25, 0.3) is 0 Å². The molecule has 0 saturated carbocycles. The van der Waals surface area contributed by atoms with Gasteiger partial charge in [-0.15, -0.1) is 0 Å². The van der Waals surface area contributed by atoms with E-state index in [1.165, 1.54) is 5.56 Å². The molecule has 1 aliphatic rings. The van der Waals surface area contributed by atoms with Gasteiger partial charge in [-0.1, -0.05) is 32.9 Å². The SMILES string of the molecule is CC(C)(C)c1ccc(NC(=O)N2CCC(=O)CC2)cc1. The second-order valence-corrected chi connectivity index (χ2v) is 6.28. The zero-order valence-corrected chi connectivity index (χ0v) is 12.4. The van der Waals surface area contributed by atoms with Crippen molar-refractivity contribution in [2.24, 2.45) is 0 Å². The van der Waals surface area contributed by atoms with Gasteiger partial charge in [-0.25, -0.2) is 4.79 Å². The number of hydrogen-bond acceptors (Lipinski definition) is 2. The number of rotatable bonds is 1. The Morgan fingerprint density at radius 3 is 2.15 bits per heavy atom. The summed E-state index contributed by atoms with van der Waals surface area (Å²) in [5.74, 6) is 0.239. The van der Waals surface area contributed by atoms with E-state index in [1.807, 2.05) is 24.3 Å². The summed E-state index contributed by atoms with van der Waals surface area (Å²) < 4.78 is 0. The number of carbonyl (C=O) groups excluding carboxylic acids is 2. The predicted molar refractivity (Wildman–Crippen MR) is 80.0 cm³/mol. The Morgan fingerprint density at radius 1 is 1.10 bits per heavy atom. The monoisotopic (exact) mass is 274 g/mol. The van der Waals surface area contributed by atoms with E-state index in [4.69, 9.17) is 0 Å². The van der Waals surface area contributed by atoms with E-state index in [2.05, 4.69) is 26.1 Å². The lowest BCUT2D eigenvalue weighted by Gasteiger charge is -2.26. The maximum atomic E-state index is 12.1. The van der Waals surface area contributed by atoms with E-state index in [-0.39, 0.29) is 17.2 Å². The van der Waals surface area contributed by atoms with Crippen LogP contribution in [0.15, 0.2) is 24.3 Å². The molecule has 0 aromatic heterocycles. The van der Waals surface area contributed by atoms with Crippen molar-refractivity contribution < 1.29 is 9.59 Å². The summed E-state index contributed by atoms with van der Waals surface area (Å²) in [5.41, 5.74) is 2.13. The van der Waals surface area contributed by atoms with Gasteiger partial charge in [0.1, 0.15) is 5.78 Å². The summed E-state index contributed by atoms with van der Waals surface area (Å²) in [4.78, 5) is 24.9.